The van der Waals surface area contributed by atoms with E-state index < -0.39 is 0 Å². The second kappa shape index (κ2) is 3.78. The number of halogens is 1. The van der Waals surface area contributed by atoms with Gasteiger partial charge in [0.05, 0.1) is 5.16 Å². The Morgan fingerprint density at radius 1 is 1.44 bits per heavy atom. The predicted molar refractivity (Wildman–Crippen MR) is 42.4 cm³/mol. The van der Waals surface area contributed by atoms with Gasteiger partial charge in [-0.25, -0.2) is 0 Å². The second-order valence-electron chi connectivity index (χ2n) is 2.58. The molecule has 0 aliphatic carbocycles. The SMILES string of the molecule is C=C(Cl)NC(C)C(C)C. The number of hydrogen-bond acceptors (Lipinski definition) is 1. The third-order valence-corrected chi connectivity index (χ3v) is 1.49. The fourth-order valence-electron chi connectivity index (χ4n) is 0.414. The lowest BCUT2D eigenvalue weighted by atomic mass is 10.1. The molecule has 1 N–H and O–H groups in total. The van der Waals surface area contributed by atoms with Crippen LogP contribution in [0.1, 0.15) is 20.8 Å². The Balaban J connectivity index is 3.50. The molecule has 0 bridgehead atoms. The molecule has 54 valence electrons. The molecule has 0 amide bonds. The Bertz CT molecular complexity index is 99.1. The Labute approximate surface area is 62.1 Å². The highest BCUT2D eigenvalue weighted by Gasteiger charge is 2.04. The van der Waals surface area contributed by atoms with Crippen molar-refractivity contribution in [2.24, 2.45) is 5.92 Å². The van der Waals surface area contributed by atoms with E-state index in [9.17, 15) is 0 Å². The summed E-state index contributed by atoms with van der Waals surface area (Å²) in [4.78, 5) is 0. The van der Waals surface area contributed by atoms with Gasteiger partial charge in [0.1, 0.15) is 0 Å². The normalized spacial score (nSPS) is 13.4. The van der Waals surface area contributed by atoms with Gasteiger partial charge in [-0.15, -0.1) is 0 Å². The fraction of sp³-hybridized carbons (Fsp3) is 0.714. The van der Waals surface area contributed by atoms with Crippen LogP contribution in [0, 0.1) is 5.92 Å². The van der Waals surface area contributed by atoms with Crippen LogP contribution >= 0.6 is 11.6 Å². The summed E-state index contributed by atoms with van der Waals surface area (Å²) in [7, 11) is 0. The summed E-state index contributed by atoms with van der Waals surface area (Å²) >= 11 is 5.51. The summed E-state index contributed by atoms with van der Waals surface area (Å²) in [6.45, 7) is 9.89. The summed E-state index contributed by atoms with van der Waals surface area (Å²) in [6.07, 6.45) is 0. The predicted octanol–water partition coefficient (Wildman–Crippen LogP) is 2.33. The lowest BCUT2D eigenvalue weighted by Gasteiger charge is -2.16. The average Bonchev–Trinajstić information content (AvgIpc) is 1.63. The van der Waals surface area contributed by atoms with Gasteiger partial charge in [-0.2, -0.15) is 0 Å². The maximum absolute atomic E-state index is 5.51. The summed E-state index contributed by atoms with van der Waals surface area (Å²) in [5.41, 5.74) is 0. The minimum absolute atomic E-state index is 0.412. The maximum Gasteiger partial charge on any atom is 0.0947 e. The molecule has 0 rings (SSSR count). The summed E-state index contributed by atoms with van der Waals surface area (Å²) in [5.74, 6) is 0.598. The van der Waals surface area contributed by atoms with E-state index in [1.807, 2.05) is 0 Å². The zero-order chi connectivity index (χ0) is 7.44. The van der Waals surface area contributed by atoms with Crippen LogP contribution in [-0.2, 0) is 0 Å². The van der Waals surface area contributed by atoms with Crippen molar-refractivity contribution in [2.75, 3.05) is 0 Å². The number of nitrogens with one attached hydrogen (secondary N) is 1. The molecule has 0 heterocycles. The molecule has 0 saturated heterocycles. The van der Waals surface area contributed by atoms with Gasteiger partial charge in [0.15, 0.2) is 0 Å². The standard InChI is InChI=1S/C7H14ClN/c1-5(2)6(3)9-7(4)8/h5-6,9H,4H2,1-3H3. The molecule has 1 atom stereocenters. The monoisotopic (exact) mass is 147 g/mol. The summed E-state index contributed by atoms with van der Waals surface area (Å²) in [5, 5.41) is 3.54. The van der Waals surface area contributed by atoms with Crippen LogP contribution in [0.15, 0.2) is 11.7 Å². The van der Waals surface area contributed by atoms with Crippen molar-refractivity contribution in [1.82, 2.24) is 5.32 Å². The minimum atomic E-state index is 0.412. The Morgan fingerprint density at radius 3 is 2.00 bits per heavy atom. The van der Waals surface area contributed by atoms with Crippen LogP contribution in [0.3, 0.4) is 0 Å². The van der Waals surface area contributed by atoms with Gasteiger partial charge >= 0.3 is 0 Å². The Hall–Kier alpha value is -0.170. The molecule has 0 aromatic carbocycles. The van der Waals surface area contributed by atoms with E-state index in [1.165, 1.54) is 0 Å². The molecule has 0 fully saturated rings. The average molecular weight is 148 g/mol. The number of hydrogen-bond donors (Lipinski definition) is 1. The lowest BCUT2D eigenvalue weighted by Crippen LogP contribution is -2.27. The van der Waals surface area contributed by atoms with Crippen molar-refractivity contribution < 1.29 is 0 Å². The third-order valence-electron chi connectivity index (χ3n) is 1.38. The Morgan fingerprint density at radius 2 is 1.89 bits per heavy atom. The van der Waals surface area contributed by atoms with Crippen LogP contribution in [0.25, 0.3) is 0 Å². The second-order valence-corrected chi connectivity index (χ2v) is 3.04. The highest BCUT2D eigenvalue weighted by molar-refractivity contribution is 6.28. The molecule has 1 unspecified atom stereocenters. The van der Waals surface area contributed by atoms with E-state index in [1.54, 1.807) is 0 Å². The zero-order valence-electron chi connectivity index (χ0n) is 6.24. The van der Waals surface area contributed by atoms with Gasteiger partial charge in [0, 0.05) is 6.04 Å². The first-order valence-corrected chi connectivity index (χ1v) is 3.52. The fourth-order valence-corrected chi connectivity index (χ4v) is 0.586. The maximum atomic E-state index is 5.51. The van der Waals surface area contributed by atoms with Crippen LogP contribution in [-0.4, -0.2) is 6.04 Å². The van der Waals surface area contributed by atoms with E-state index in [-0.39, 0.29) is 0 Å². The van der Waals surface area contributed by atoms with Crippen molar-refractivity contribution in [3.05, 3.63) is 11.7 Å². The van der Waals surface area contributed by atoms with Crippen molar-refractivity contribution in [1.29, 1.82) is 0 Å². The lowest BCUT2D eigenvalue weighted by molar-refractivity contribution is 0.470. The van der Waals surface area contributed by atoms with Gasteiger partial charge in [-0.3, -0.25) is 0 Å². The summed E-state index contributed by atoms with van der Waals surface area (Å²) < 4.78 is 0. The highest BCUT2D eigenvalue weighted by Crippen LogP contribution is 2.03. The van der Waals surface area contributed by atoms with Crippen molar-refractivity contribution in [3.8, 4) is 0 Å². The Kier molecular flexibility index (Phi) is 3.71. The van der Waals surface area contributed by atoms with Crippen LogP contribution in [0.5, 0.6) is 0 Å². The van der Waals surface area contributed by atoms with E-state index in [0.29, 0.717) is 17.1 Å². The molecule has 0 aromatic rings. The van der Waals surface area contributed by atoms with Gasteiger partial charge < -0.3 is 5.32 Å². The van der Waals surface area contributed by atoms with Gasteiger partial charge in [-0.1, -0.05) is 32.0 Å². The molecule has 1 nitrogen and oxygen atoms in total. The summed E-state index contributed by atoms with van der Waals surface area (Å²) in [6, 6.07) is 0.412. The first kappa shape index (κ1) is 8.83. The molecular formula is C7H14ClN. The molecule has 0 spiro atoms. The van der Waals surface area contributed by atoms with Crippen molar-refractivity contribution in [3.63, 3.8) is 0 Å². The molecule has 0 radical (unpaired) electrons. The molecule has 9 heavy (non-hydrogen) atoms. The molecule has 0 aromatic heterocycles. The third kappa shape index (κ3) is 4.34. The minimum Gasteiger partial charge on any atom is -0.374 e. The largest absolute Gasteiger partial charge is 0.374 e. The van der Waals surface area contributed by atoms with E-state index in [2.05, 4.69) is 32.7 Å². The topological polar surface area (TPSA) is 12.0 Å². The van der Waals surface area contributed by atoms with Crippen molar-refractivity contribution in [2.45, 2.75) is 26.8 Å². The van der Waals surface area contributed by atoms with Crippen LogP contribution in [0.2, 0.25) is 0 Å². The first-order valence-electron chi connectivity index (χ1n) is 3.15. The van der Waals surface area contributed by atoms with E-state index in [0.717, 1.165) is 0 Å². The van der Waals surface area contributed by atoms with Crippen LogP contribution in [0.4, 0.5) is 0 Å². The van der Waals surface area contributed by atoms with E-state index >= 15 is 0 Å². The van der Waals surface area contributed by atoms with Gasteiger partial charge in [0.2, 0.25) is 0 Å². The first-order chi connectivity index (χ1) is 4.04. The van der Waals surface area contributed by atoms with E-state index in [4.69, 9.17) is 11.6 Å². The molecule has 0 aliphatic heterocycles. The van der Waals surface area contributed by atoms with Gasteiger partial charge in [-0.05, 0) is 12.8 Å². The molecular weight excluding hydrogens is 134 g/mol. The smallest absolute Gasteiger partial charge is 0.0947 e. The molecule has 2 heteroatoms. The highest BCUT2D eigenvalue weighted by atomic mass is 35.5. The zero-order valence-corrected chi connectivity index (χ0v) is 7.00. The molecule has 0 aliphatic rings. The van der Waals surface area contributed by atoms with Crippen LogP contribution < -0.4 is 5.32 Å². The van der Waals surface area contributed by atoms with Gasteiger partial charge in [0.25, 0.3) is 0 Å². The quantitative estimate of drug-likeness (QED) is 0.605. The molecule has 0 saturated carbocycles. The van der Waals surface area contributed by atoms with Crippen molar-refractivity contribution >= 4 is 11.6 Å². The number of rotatable bonds is 3.